The molecule has 0 aromatic heterocycles. The van der Waals surface area contributed by atoms with Crippen LogP contribution in [0.2, 0.25) is 0 Å². The average Bonchev–Trinajstić information content (AvgIpc) is 3.47. The summed E-state index contributed by atoms with van der Waals surface area (Å²) >= 11 is 0. The summed E-state index contributed by atoms with van der Waals surface area (Å²) in [4.78, 5) is 0. The molecule has 0 aliphatic heterocycles. The second-order valence-electron chi connectivity index (χ2n) is 8.41. The Morgan fingerprint density at radius 2 is 0.857 bits per heavy atom. The van der Waals surface area contributed by atoms with Gasteiger partial charge in [-0.25, -0.2) is 0 Å². The number of fused-ring (bicyclic) bond motifs is 2. The molecule has 0 N–H and O–H groups in total. The smallest absolute Gasteiger partial charge is 0.346 e. The monoisotopic (exact) mass is 487 g/mol. The summed E-state index contributed by atoms with van der Waals surface area (Å²) in [6.07, 6.45) is 0. The number of hydrogen-bond acceptors (Lipinski definition) is 0. The van der Waals surface area contributed by atoms with Crippen molar-refractivity contribution in [2.45, 2.75) is 20.8 Å². The summed E-state index contributed by atoms with van der Waals surface area (Å²) in [6.45, 7) is 9.30. The van der Waals surface area contributed by atoms with Gasteiger partial charge in [0.25, 0.3) is 0 Å². The molecular formula is C34H31Ti. The molecule has 171 valence electrons. The second kappa shape index (κ2) is 12.5. The molecule has 0 atom stereocenters. The zero-order valence-electron chi connectivity index (χ0n) is 20.8. The number of aryl methyl sites for hydroxylation is 2. The van der Waals surface area contributed by atoms with Crippen LogP contribution in [0.4, 0.5) is 0 Å². The Bertz CT molecular complexity index is 1350. The van der Waals surface area contributed by atoms with Gasteiger partial charge in [0, 0.05) is 0 Å². The SMILES string of the molecule is Cc1cc2c(-c3ccccc3)cccc2[cH-]1.Cc1cc2c(-c3ccccc3)cccc2[cH-]1.[CH2-]C.[Ti+3]. The van der Waals surface area contributed by atoms with Gasteiger partial charge in [0.15, 0.2) is 0 Å². The molecule has 0 aliphatic rings. The molecule has 0 aliphatic carbocycles. The van der Waals surface area contributed by atoms with E-state index in [4.69, 9.17) is 0 Å². The molecule has 1 heteroatoms. The van der Waals surface area contributed by atoms with Crippen molar-refractivity contribution in [3.05, 3.63) is 139 Å². The maximum atomic E-state index is 3.25. The van der Waals surface area contributed by atoms with Crippen molar-refractivity contribution in [3.63, 3.8) is 0 Å². The first-order valence-corrected chi connectivity index (χ1v) is 11.8. The molecule has 0 unspecified atom stereocenters. The van der Waals surface area contributed by atoms with Crippen LogP contribution in [0.25, 0.3) is 43.8 Å². The minimum absolute atomic E-state index is 0. The van der Waals surface area contributed by atoms with Crippen molar-refractivity contribution in [3.8, 4) is 22.3 Å². The van der Waals surface area contributed by atoms with Crippen LogP contribution in [0.15, 0.2) is 121 Å². The molecule has 0 bridgehead atoms. The molecule has 0 heterocycles. The van der Waals surface area contributed by atoms with E-state index in [1.54, 1.807) is 6.92 Å². The Morgan fingerprint density at radius 1 is 0.486 bits per heavy atom. The van der Waals surface area contributed by atoms with E-state index in [1.165, 1.54) is 54.9 Å². The zero-order chi connectivity index (χ0) is 23.9. The third kappa shape index (κ3) is 6.09. The van der Waals surface area contributed by atoms with Crippen LogP contribution in [-0.2, 0) is 21.7 Å². The number of hydrogen-bond donors (Lipinski definition) is 0. The summed E-state index contributed by atoms with van der Waals surface area (Å²) < 4.78 is 0. The van der Waals surface area contributed by atoms with E-state index in [0.717, 1.165) is 0 Å². The largest absolute Gasteiger partial charge is 3.00 e. The Hall–Kier alpha value is -3.19. The third-order valence-electron chi connectivity index (χ3n) is 5.96. The van der Waals surface area contributed by atoms with Crippen LogP contribution in [0.1, 0.15) is 18.1 Å². The molecule has 6 rings (SSSR count). The average molecular weight is 487 g/mol. The van der Waals surface area contributed by atoms with E-state index in [1.807, 2.05) is 0 Å². The summed E-state index contributed by atoms with van der Waals surface area (Å²) in [5, 5.41) is 5.37. The molecule has 6 aromatic rings. The Morgan fingerprint density at radius 3 is 1.23 bits per heavy atom. The normalized spacial score (nSPS) is 10.1. The van der Waals surface area contributed by atoms with Gasteiger partial charge in [-0.2, -0.15) is 19.1 Å². The fraction of sp³-hybridized carbons (Fsp3) is 0.0882. The van der Waals surface area contributed by atoms with E-state index in [-0.39, 0.29) is 21.7 Å². The summed E-state index contributed by atoms with van der Waals surface area (Å²) in [6, 6.07) is 43.1. The van der Waals surface area contributed by atoms with Gasteiger partial charge in [-0.3, -0.25) is 0 Å². The summed E-state index contributed by atoms with van der Waals surface area (Å²) in [5.41, 5.74) is 7.89. The van der Waals surface area contributed by atoms with Crippen LogP contribution in [0.3, 0.4) is 0 Å². The molecule has 35 heavy (non-hydrogen) atoms. The number of benzene rings is 4. The van der Waals surface area contributed by atoms with Gasteiger partial charge >= 0.3 is 21.7 Å². The first-order valence-electron chi connectivity index (χ1n) is 11.8. The van der Waals surface area contributed by atoms with Gasteiger partial charge in [-0.15, -0.1) is 69.1 Å². The van der Waals surface area contributed by atoms with Gasteiger partial charge in [0.1, 0.15) is 0 Å². The van der Waals surface area contributed by atoms with E-state index in [2.05, 4.69) is 142 Å². The maximum Gasteiger partial charge on any atom is 3.00 e. The van der Waals surface area contributed by atoms with Gasteiger partial charge in [0.05, 0.1) is 0 Å². The van der Waals surface area contributed by atoms with Gasteiger partial charge < -0.3 is 6.92 Å². The van der Waals surface area contributed by atoms with Gasteiger partial charge in [0.2, 0.25) is 0 Å². The summed E-state index contributed by atoms with van der Waals surface area (Å²) in [5.74, 6) is 0. The fourth-order valence-electron chi connectivity index (χ4n) is 4.51. The van der Waals surface area contributed by atoms with Crippen LogP contribution in [-0.4, -0.2) is 0 Å². The van der Waals surface area contributed by atoms with Crippen LogP contribution in [0, 0.1) is 20.8 Å². The van der Waals surface area contributed by atoms with Crippen molar-refractivity contribution in [2.75, 3.05) is 0 Å². The summed E-state index contributed by atoms with van der Waals surface area (Å²) in [7, 11) is 0. The van der Waals surface area contributed by atoms with Crippen LogP contribution < -0.4 is 0 Å². The Balaban J connectivity index is 0.000000178. The maximum absolute atomic E-state index is 3.25. The predicted octanol–water partition coefficient (Wildman–Crippen LogP) is 9.91. The topological polar surface area (TPSA) is 0 Å². The van der Waals surface area contributed by atoms with Gasteiger partial charge in [-0.1, -0.05) is 97.8 Å². The first-order chi connectivity index (χ1) is 16.7. The zero-order valence-corrected chi connectivity index (χ0v) is 22.3. The van der Waals surface area contributed by atoms with Crippen LogP contribution in [0.5, 0.6) is 0 Å². The molecule has 0 amide bonds. The molecule has 0 nitrogen and oxygen atoms in total. The predicted molar refractivity (Wildman–Crippen MR) is 150 cm³/mol. The van der Waals surface area contributed by atoms with Crippen molar-refractivity contribution in [2.24, 2.45) is 0 Å². The standard InChI is InChI=1S/2C16H13.C2H5.Ti/c2*1-12-10-14-8-5-9-15(16(14)11-12)13-6-3-2-4-7-13;1-2;/h2*2-11H,1H3;1H2,2H3;/q3*-1;+3. The molecule has 0 fully saturated rings. The fourth-order valence-corrected chi connectivity index (χ4v) is 4.51. The van der Waals surface area contributed by atoms with Crippen LogP contribution >= 0.6 is 0 Å². The van der Waals surface area contributed by atoms with Crippen molar-refractivity contribution in [1.29, 1.82) is 0 Å². The molecule has 6 aromatic carbocycles. The van der Waals surface area contributed by atoms with E-state index >= 15 is 0 Å². The van der Waals surface area contributed by atoms with E-state index < -0.39 is 0 Å². The van der Waals surface area contributed by atoms with Gasteiger partial charge in [-0.05, 0) is 11.1 Å². The quantitative estimate of drug-likeness (QED) is 0.168. The minimum Gasteiger partial charge on any atom is -0.346 e. The molecule has 1 radical (unpaired) electrons. The van der Waals surface area contributed by atoms with E-state index in [0.29, 0.717) is 0 Å². The Labute approximate surface area is 224 Å². The minimum atomic E-state index is 0. The third-order valence-corrected chi connectivity index (χ3v) is 5.96. The molecular weight excluding hydrogens is 456 g/mol. The molecule has 0 saturated carbocycles. The first kappa shape index (κ1) is 26.4. The van der Waals surface area contributed by atoms with E-state index in [9.17, 15) is 0 Å². The number of rotatable bonds is 2. The molecule has 0 spiro atoms. The van der Waals surface area contributed by atoms with Crippen molar-refractivity contribution < 1.29 is 21.7 Å². The van der Waals surface area contributed by atoms with Crippen molar-refractivity contribution in [1.82, 2.24) is 0 Å². The van der Waals surface area contributed by atoms with Crippen molar-refractivity contribution >= 4 is 21.5 Å². The molecule has 0 saturated heterocycles. The Kier molecular flexibility index (Phi) is 9.43. The second-order valence-corrected chi connectivity index (χ2v) is 8.41.